The van der Waals surface area contributed by atoms with Crippen LogP contribution in [0.25, 0.3) is 0 Å². The number of hydrogen-bond acceptors (Lipinski definition) is 5. The predicted octanol–water partition coefficient (Wildman–Crippen LogP) is 3.51. The summed E-state index contributed by atoms with van der Waals surface area (Å²) in [5.41, 5.74) is 1.44. The van der Waals surface area contributed by atoms with Gasteiger partial charge in [-0.3, -0.25) is 0 Å². The summed E-state index contributed by atoms with van der Waals surface area (Å²) in [7, 11) is -6.76. The molecule has 2 aromatic rings. The molecule has 0 saturated heterocycles. The first-order chi connectivity index (χ1) is 12.4. The predicted molar refractivity (Wildman–Crippen MR) is 97.8 cm³/mol. The molecule has 26 heavy (non-hydrogen) atoms. The molecule has 0 radical (unpaired) electrons. The van der Waals surface area contributed by atoms with Gasteiger partial charge in [0.25, 0.3) is 0 Å². The van der Waals surface area contributed by atoms with Crippen LogP contribution in [0.1, 0.15) is 25.0 Å². The van der Waals surface area contributed by atoms with Gasteiger partial charge >= 0.3 is 8.25 Å². The highest BCUT2D eigenvalue weighted by Gasteiger charge is 2.23. The Morgan fingerprint density at radius 3 is 2.27 bits per heavy atom. The molecule has 1 atom stereocenters. The quantitative estimate of drug-likeness (QED) is 0.495. The first-order valence-electron chi connectivity index (χ1n) is 8.05. The molecule has 0 aliphatic rings. The number of hydrogen-bond donors (Lipinski definition) is 2. The van der Waals surface area contributed by atoms with Crippen molar-refractivity contribution in [1.82, 2.24) is 4.72 Å². The fourth-order valence-electron chi connectivity index (χ4n) is 2.63. The molecule has 7 nitrogen and oxygen atoms in total. The summed E-state index contributed by atoms with van der Waals surface area (Å²) < 4.78 is 48.0. The molecule has 0 aromatic heterocycles. The molecule has 0 heterocycles. The summed E-state index contributed by atoms with van der Waals surface area (Å²) in [5, 5.41) is 0. The molecular weight excluding hydrogens is 377 g/mol. The second kappa shape index (κ2) is 9.21. The summed E-state index contributed by atoms with van der Waals surface area (Å²) >= 11 is 0. The average molecular weight is 398 g/mol. The van der Waals surface area contributed by atoms with Gasteiger partial charge in [0.1, 0.15) is 11.5 Å². The van der Waals surface area contributed by atoms with E-state index in [0.717, 1.165) is 5.56 Å². The van der Waals surface area contributed by atoms with Crippen molar-refractivity contribution in [3.05, 3.63) is 53.6 Å². The van der Waals surface area contributed by atoms with Gasteiger partial charge in [-0.1, -0.05) is 32.0 Å². The van der Waals surface area contributed by atoms with Crippen molar-refractivity contribution in [2.24, 2.45) is 0 Å². The van der Waals surface area contributed by atoms with Crippen LogP contribution in [-0.2, 0) is 32.0 Å². The molecule has 0 aliphatic carbocycles. The van der Waals surface area contributed by atoms with Gasteiger partial charge < -0.3 is 4.74 Å². The summed E-state index contributed by atoms with van der Waals surface area (Å²) in [6.45, 7) is 3.21. The Morgan fingerprint density at radius 2 is 1.69 bits per heavy atom. The Morgan fingerprint density at radius 1 is 1.04 bits per heavy atom. The number of benzene rings is 2. The third-order valence-corrected chi connectivity index (χ3v) is 5.55. The van der Waals surface area contributed by atoms with Crippen molar-refractivity contribution in [2.75, 3.05) is 6.73 Å². The lowest BCUT2D eigenvalue weighted by atomic mass is 10.0. The Balaban J connectivity index is 2.38. The zero-order valence-electron chi connectivity index (χ0n) is 14.5. The van der Waals surface area contributed by atoms with Crippen molar-refractivity contribution in [2.45, 2.75) is 31.6 Å². The summed E-state index contributed by atoms with van der Waals surface area (Å²) in [5.74, 6) is 1.27. The topological polar surface area (TPSA) is 102 Å². The highest BCUT2D eigenvalue weighted by atomic mass is 32.2. The molecule has 1 unspecified atom stereocenters. The third kappa shape index (κ3) is 5.09. The lowest BCUT2D eigenvalue weighted by molar-refractivity contribution is 0.277. The van der Waals surface area contributed by atoms with Crippen LogP contribution in [0, 0.1) is 0 Å². The molecule has 0 fully saturated rings. The van der Waals surface area contributed by atoms with E-state index in [1.165, 1.54) is 6.07 Å². The lowest BCUT2D eigenvalue weighted by Crippen LogP contribution is -2.26. The van der Waals surface area contributed by atoms with Gasteiger partial charge in [-0.25, -0.2) is 8.42 Å². The van der Waals surface area contributed by atoms with Crippen LogP contribution >= 0.6 is 8.25 Å². The minimum atomic E-state index is -3.89. The van der Waals surface area contributed by atoms with Gasteiger partial charge in [0.2, 0.25) is 10.0 Å². The van der Waals surface area contributed by atoms with E-state index in [-0.39, 0.29) is 4.90 Å². The minimum absolute atomic E-state index is 0.106. The fourth-order valence-corrected chi connectivity index (χ4v) is 4.10. The van der Waals surface area contributed by atoms with Crippen molar-refractivity contribution < 1.29 is 27.1 Å². The normalized spacial score (nSPS) is 12.0. The van der Waals surface area contributed by atoms with Crippen LogP contribution in [0.3, 0.4) is 0 Å². The van der Waals surface area contributed by atoms with E-state index in [1.54, 1.807) is 6.07 Å². The largest absolute Gasteiger partial charge is 0.696 e. The van der Waals surface area contributed by atoms with E-state index in [9.17, 15) is 13.0 Å². The number of para-hydroxylation sites is 1. The zero-order chi connectivity index (χ0) is 19.2. The summed E-state index contributed by atoms with van der Waals surface area (Å²) in [4.78, 5) is 8.72. The molecule has 2 N–H and O–H groups in total. The van der Waals surface area contributed by atoms with E-state index < -0.39 is 25.0 Å². The van der Waals surface area contributed by atoms with Gasteiger partial charge in [0, 0.05) is 4.57 Å². The molecule has 9 heteroatoms. The molecule has 0 saturated carbocycles. The minimum Gasteiger partial charge on any atom is -0.457 e. The van der Waals surface area contributed by atoms with Crippen LogP contribution in [0.4, 0.5) is 0 Å². The van der Waals surface area contributed by atoms with Crippen LogP contribution in [-0.4, -0.2) is 20.0 Å². The van der Waals surface area contributed by atoms with Gasteiger partial charge in [-0.2, -0.15) is 4.72 Å². The van der Waals surface area contributed by atoms with E-state index in [0.29, 0.717) is 29.9 Å². The maximum Gasteiger partial charge on any atom is 0.696 e. The fraction of sp³-hybridized carbons (Fsp3) is 0.294. The number of ether oxygens (including phenoxy) is 1. The van der Waals surface area contributed by atoms with Gasteiger partial charge in [-0.15, -0.1) is 9.42 Å². The number of sulfonamides is 1. The maximum atomic E-state index is 12.5. The maximum absolute atomic E-state index is 12.5. The summed E-state index contributed by atoms with van der Waals surface area (Å²) in [6, 6.07) is 12.3. The third-order valence-electron chi connectivity index (χ3n) is 3.74. The molecule has 0 aliphatic heterocycles. The zero-order valence-corrected chi connectivity index (χ0v) is 16.2. The molecule has 140 valence electrons. The van der Waals surface area contributed by atoms with Gasteiger partial charge in [0.15, 0.2) is 6.73 Å². The van der Waals surface area contributed by atoms with Crippen molar-refractivity contribution in [1.29, 1.82) is 0 Å². The van der Waals surface area contributed by atoms with Crippen LogP contribution in [0.15, 0.2) is 47.4 Å². The van der Waals surface area contributed by atoms with Crippen molar-refractivity contribution >= 4 is 18.3 Å². The molecular formula is C17H21NO6PS+. The Bertz CT molecular complexity index is 870. The smallest absolute Gasteiger partial charge is 0.457 e. The van der Waals surface area contributed by atoms with Gasteiger partial charge in [0.05, 0.1) is 4.90 Å². The SMILES string of the molecule is CCc1c(Oc2ccccc2)ccc(S(=O)(=O)NCO[P+](=O)O)c1CC. The van der Waals surface area contributed by atoms with E-state index in [2.05, 4.69) is 9.25 Å². The summed E-state index contributed by atoms with van der Waals surface area (Å²) in [6.07, 6.45) is 1.08. The van der Waals surface area contributed by atoms with Crippen LogP contribution < -0.4 is 9.46 Å². The van der Waals surface area contributed by atoms with E-state index >= 15 is 0 Å². The molecule has 0 spiro atoms. The molecule has 2 aromatic carbocycles. The molecule has 0 amide bonds. The Kier molecular flexibility index (Phi) is 7.25. The Hall–Kier alpha value is -1.83. The molecule has 2 rings (SSSR count). The Labute approximate surface area is 154 Å². The number of nitrogens with one attached hydrogen (secondary N) is 1. The van der Waals surface area contributed by atoms with E-state index in [4.69, 9.17) is 9.63 Å². The second-order valence-electron chi connectivity index (χ2n) is 5.30. The second-order valence-corrected chi connectivity index (χ2v) is 7.77. The monoisotopic (exact) mass is 398 g/mol. The lowest BCUT2D eigenvalue weighted by Gasteiger charge is -2.17. The number of rotatable bonds is 9. The van der Waals surface area contributed by atoms with Crippen molar-refractivity contribution in [3.8, 4) is 11.5 Å². The van der Waals surface area contributed by atoms with E-state index in [1.807, 2.05) is 44.2 Å². The first kappa shape index (κ1) is 20.5. The van der Waals surface area contributed by atoms with Crippen LogP contribution in [0.2, 0.25) is 0 Å². The van der Waals surface area contributed by atoms with Crippen molar-refractivity contribution in [3.63, 3.8) is 0 Å². The average Bonchev–Trinajstić information content (AvgIpc) is 2.61. The molecule has 0 bridgehead atoms. The first-order valence-corrected chi connectivity index (χ1v) is 10.7. The standard InChI is InChI=1S/C17H20NO6PS/c1-3-14-15(4-2)17(26(21,22)18-12-23-25(19)20)11-10-16(14)24-13-8-6-5-7-9-13/h5-11,18H,3-4,12H2,1-2H3/p+1. The van der Waals surface area contributed by atoms with Gasteiger partial charge in [-0.05, 0) is 48.2 Å². The highest BCUT2D eigenvalue weighted by Crippen LogP contribution is 2.32. The van der Waals surface area contributed by atoms with Crippen LogP contribution in [0.5, 0.6) is 11.5 Å². The highest BCUT2D eigenvalue weighted by molar-refractivity contribution is 7.89.